The summed E-state index contributed by atoms with van der Waals surface area (Å²) in [5.41, 5.74) is 6.70. The quantitative estimate of drug-likeness (QED) is 0.122. The smallest absolute Gasteiger partial charge is 0.261 e. The van der Waals surface area contributed by atoms with Crippen molar-refractivity contribution in [1.82, 2.24) is 29.6 Å². The molecular formula is C39H38N6O6. The monoisotopic (exact) mass is 686 g/mol. The lowest BCUT2D eigenvalue weighted by Gasteiger charge is -2.15. The van der Waals surface area contributed by atoms with Crippen LogP contribution in [0.15, 0.2) is 48.5 Å². The Hall–Kier alpha value is -5.72. The number of hydrogen-bond acceptors (Lipinski definition) is 8. The normalized spacial score (nSPS) is 14.4. The first kappa shape index (κ1) is 32.5. The number of phenols is 2. The Labute approximate surface area is 292 Å². The Morgan fingerprint density at radius 1 is 0.549 bits per heavy atom. The minimum atomic E-state index is -0.315. The molecule has 0 aliphatic carbocycles. The molecule has 12 heteroatoms. The molecule has 0 atom stereocenters. The van der Waals surface area contributed by atoms with Gasteiger partial charge in [0.05, 0.1) is 33.3 Å². The van der Waals surface area contributed by atoms with Crippen LogP contribution in [0, 0.1) is 13.8 Å². The van der Waals surface area contributed by atoms with Crippen LogP contribution < -0.4 is 10.6 Å². The predicted molar refractivity (Wildman–Crippen MR) is 195 cm³/mol. The van der Waals surface area contributed by atoms with Crippen molar-refractivity contribution in [1.29, 1.82) is 0 Å². The minimum Gasteiger partial charge on any atom is -0.508 e. The van der Waals surface area contributed by atoms with Gasteiger partial charge >= 0.3 is 0 Å². The molecule has 2 aliphatic heterocycles. The van der Waals surface area contributed by atoms with E-state index >= 15 is 0 Å². The fraction of sp³-hybridized carbons (Fsp3) is 0.282. The maximum atomic E-state index is 13.4. The van der Waals surface area contributed by atoms with Gasteiger partial charge in [0.2, 0.25) is 0 Å². The number of hydrogen-bond donors (Lipinski definition) is 4. The second-order valence-corrected chi connectivity index (χ2v) is 13.5. The molecule has 8 rings (SSSR count). The highest BCUT2D eigenvalue weighted by Crippen LogP contribution is 2.39. The third kappa shape index (κ3) is 4.81. The highest BCUT2D eigenvalue weighted by Gasteiger charge is 2.39. The summed E-state index contributed by atoms with van der Waals surface area (Å²) in [6, 6.07) is 13.8. The molecule has 0 spiro atoms. The molecule has 2 aliphatic rings. The predicted octanol–water partition coefficient (Wildman–Crippen LogP) is 4.47. The van der Waals surface area contributed by atoms with E-state index in [9.17, 15) is 29.4 Å². The Kier molecular flexibility index (Phi) is 7.62. The average Bonchev–Trinajstić information content (AvgIpc) is 3.72. The van der Waals surface area contributed by atoms with Gasteiger partial charge in [-0.1, -0.05) is 0 Å². The van der Waals surface area contributed by atoms with Crippen LogP contribution in [0.1, 0.15) is 59.0 Å². The zero-order chi connectivity index (χ0) is 35.9. The van der Waals surface area contributed by atoms with Crippen LogP contribution in [0.3, 0.4) is 0 Å². The van der Waals surface area contributed by atoms with Crippen molar-refractivity contribution >= 4 is 67.2 Å². The number of aromatic nitrogens is 2. The van der Waals surface area contributed by atoms with Gasteiger partial charge in [0.15, 0.2) is 0 Å². The maximum absolute atomic E-state index is 13.4. The number of aryl methyl sites for hydroxylation is 4. The highest BCUT2D eigenvalue weighted by molar-refractivity contribution is 6.27. The molecule has 4 amide bonds. The van der Waals surface area contributed by atoms with E-state index < -0.39 is 0 Å². The molecule has 0 unspecified atom stereocenters. The van der Waals surface area contributed by atoms with Crippen LogP contribution in [-0.2, 0) is 14.1 Å². The number of phenolic OH excluding ortho intramolecular Hbond substituents is 2. The van der Waals surface area contributed by atoms with Crippen molar-refractivity contribution in [2.75, 3.05) is 39.3 Å². The van der Waals surface area contributed by atoms with Crippen molar-refractivity contribution in [3.8, 4) is 11.5 Å². The van der Waals surface area contributed by atoms with Crippen LogP contribution in [0.4, 0.5) is 0 Å². The lowest BCUT2D eigenvalue weighted by molar-refractivity contribution is 0.0640. The first-order valence-electron chi connectivity index (χ1n) is 17.1. The zero-order valence-corrected chi connectivity index (χ0v) is 28.9. The largest absolute Gasteiger partial charge is 0.508 e. The van der Waals surface area contributed by atoms with Gasteiger partial charge in [0.25, 0.3) is 23.6 Å². The lowest BCUT2D eigenvalue weighted by atomic mass is 9.99. The van der Waals surface area contributed by atoms with E-state index in [0.29, 0.717) is 48.4 Å². The fourth-order valence-corrected chi connectivity index (χ4v) is 8.21. The highest BCUT2D eigenvalue weighted by atomic mass is 16.3. The molecule has 260 valence electrons. The van der Waals surface area contributed by atoms with Crippen LogP contribution >= 0.6 is 0 Å². The van der Waals surface area contributed by atoms with Gasteiger partial charge in [-0.15, -0.1) is 0 Å². The average molecular weight is 687 g/mol. The fourth-order valence-electron chi connectivity index (χ4n) is 8.21. The van der Waals surface area contributed by atoms with Gasteiger partial charge in [-0.05, 0) is 93.0 Å². The van der Waals surface area contributed by atoms with Gasteiger partial charge in [0.1, 0.15) is 11.5 Å². The number of benzene rings is 4. The number of rotatable bonds is 10. The third-order valence-electron chi connectivity index (χ3n) is 10.6. The number of aromatic hydroxyl groups is 2. The summed E-state index contributed by atoms with van der Waals surface area (Å²) in [7, 11) is 3.84. The molecule has 51 heavy (non-hydrogen) atoms. The Bertz CT molecular complexity index is 2350. The van der Waals surface area contributed by atoms with Crippen molar-refractivity contribution in [3.05, 3.63) is 81.9 Å². The second kappa shape index (κ2) is 12.0. The molecule has 2 aromatic heterocycles. The van der Waals surface area contributed by atoms with Crippen LogP contribution in [-0.4, -0.2) is 92.0 Å². The van der Waals surface area contributed by atoms with E-state index in [4.69, 9.17) is 0 Å². The van der Waals surface area contributed by atoms with E-state index in [2.05, 4.69) is 10.6 Å². The summed E-state index contributed by atoms with van der Waals surface area (Å²) < 4.78 is 3.99. The molecule has 0 radical (unpaired) electrons. The van der Waals surface area contributed by atoms with E-state index in [1.165, 1.54) is 9.80 Å². The molecule has 0 fully saturated rings. The summed E-state index contributed by atoms with van der Waals surface area (Å²) in [6.45, 7) is 6.40. The maximum Gasteiger partial charge on any atom is 0.261 e. The molecular weight excluding hydrogens is 648 g/mol. The number of carbonyl (C=O) groups is 4. The van der Waals surface area contributed by atoms with E-state index in [0.717, 1.165) is 61.2 Å². The van der Waals surface area contributed by atoms with Gasteiger partial charge in [-0.2, -0.15) is 0 Å². The number of carbonyl (C=O) groups excluding carboxylic acids is 4. The molecule has 0 saturated heterocycles. The molecule has 0 bridgehead atoms. The molecule has 4 N–H and O–H groups in total. The van der Waals surface area contributed by atoms with Gasteiger partial charge in [-0.25, -0.2) is 0 Å². The second-order valence-electron chi connectivity index (χ2n) is 13.5. The molecule has 0 saturated carbocycles. The Balaban J connectivity index is 0.830. The minimum absolute atomic E-state index is 0.142. The zero-order valence-electron chi connectivity index (χ0n) is 28.9. The van der Waals surface area contributed by atoms with Crippen LogP contribution in [0.5, 0.6) is 11.5 Å². The number of amides is 4. The van der Waals surface area contributed by atoms with Crippen molar-refractivity contribution in [2.24, 2.45) is 14.1 Å². The molecule has 4 heterocycles. The first-order chi connectivity index (χ1) is 24.5. The van der Waals surface area contributed by atoms with Crippen LogP contribution in [0.25, 0.3) is 43.6 Å². The molecule has 4 aromatic carbocycles. The molecule has 12 nitrogen and oxygen atoms in total. The number of fused-ring (bicyclic) bond motifs is 8. The summed E-state index contributed by atoms with van der Waals surface area (Å²) in [5, 5.41) is 30.1. The third-order valence-corrected chi connectivity index (χ3v) is 10.6. The van der Waals surface area contributed by atoms with Gasteiger partial charge in [-0.3, -0.25) is 29.0 Å². The van der Waals surface area contributed by atoms with Gasteiger partial charge < -0.3 is 30.0 Å². The summed E-state index contributed by atoms with van der Waals surface area (Å²) in [5.74, 6) is -0.940. The first-order valence-corrected chi connectivity index (χ1v) is 17.1. The topological polar surface area (TPSA) is 149 Å². The van der Waals surface area contributed by atoms with E-state index in [1.807, 2.05) is 49.2 Å². The Morgan fingerprint density at radius 3 is 1.37 bits per heavy atom. The number of nitrogens with one attached hydrogen (secondary N) is 2. The summed E-state index contributed by atoms with van der Waals surface area (Å²) >= 11 is 0. The van der Waals surface area contributed by atoms with Gasteiger partial charge in [0, 0.05) is 72.9 Å². The van der Waals surface area contributed by atoms with Crippen molar-refractivity contribution in [3.63, 3.8) is 0 Å². The summed E-state index contributed by atoms with van der Waals surface area (Å²) in [4.78, 5) is 56.2. The van der Waals surface area contributed by atoms with E-state index in [-0.39, 0.29) is 48.2 Å². The standard InChI is InChI=1S/C39H38N6O6/c1-20-32-28(18-26-24-16-22(46)6-8-30(24)42(3)34(20)26)36(48)44(38(32)50)14-12-40-10-5-11-41-13-15-45-37(49)29-19-27-25-17-23(47)7-9-31(25)43(4)35(27)21(2)33(29)39(45)51/h6-9,16-19,40-41,46-47H,5,10-15H2,1-4H3. The number of nitrogens with zero attached hydrogens (tertiary/aromatic N) is 4. The molecule has 6 aromatic rings. The van der Waals surface area contributed by atoms with Crippen molar-refractivity contribution in [2.45, 2.75) is 20.3 Å². The van der Waals surface area contributed by atoms with Crippen molar-refractivity contribution < 1.29 is 29.4 Å². The Morgan fingerprint density at radius 2 is 0.961 bits per heavy atom. The summed E-state index contributed by atoms with van der Waals surface area (Å²) in [6.07, 6.45) is 0.763. The van der Waals surface area contributed by atoms with E-state index in [1.54, 1.807) is 36.4 Å². The SMILES string of the molecule is Cc1c2c(cc3c4cc(O)ccc4n(C)c13)C(=O)N(CCNCCCNCCN1C(=O)c3cc4c5cc(O)ccc5n(C)c4c(C)c3C1=O)C2=O. The number of imide groups is 2. The lowest BCUT2D eigenvalue weighted by Crippen LogP contribution is -2.38. The van der Waals surface area contributed by atoms with Crippen LogP contribution in [0.2, 0.25) is 0 Å².